The number of allylic oxidation sites excluding steroid dienone is 2. The molecule has 0 aromatic heterocycles. The van der Waals surface area contributed by atoms with Crippen molar-refractivity contribution >= 4 is 203 Å². The summed E-state index contributed by atoms with van der Waals surface area (Å²) in [5.74, 6) is 0.629. The van der Waals surface area contributed by atoms with Gasteiger partial charge in [-0.2, -0.15) is 0 Å². The number of rotatable bonds is 7. The first-order chi connectivity index (χ1) is 14.6. The zero-order chi connectivity index (χ0) is 26.1. The average Bonchev–Trinajstić information content (AvgIpc) is 2.66. The fourth-order valence-corrected chi connectivity index (χ4v) is 110. The second-order valence-corrected chi connectivity index (χ2v) is 75.1. The first-order valence-corrected chi connectivity index (χ1v) is 34.4. The summed E-state index contributed by atoms with van der Waals surface area (Å²) in [6, 6.07) is 5.76. The maximum Gasteiger partial charge on any atom is 1.00 e. The first kappa shape index (κ1) is 46.2. The Morgan fingerprint density at radius 3 is 1.56 bits per heavy atom. The van der Waals surface area contributed by atoms with Crippen molar-refractivity contribution < 1.29 is 71.9 Å². The Kier molecular flexibility index (Phi) is 23.2. The Morgan fingerprint density at radius 1 is 0.750 bits per heavy atom. The van der Waals surface area contributed by atoms with Crippen LogP contribution in [0.25, 0.3) is 0 Å². The summed E-state index contributed by atoms with van der Waals surface area (Å²) < 4.78 is 2.51. The topological polar surface area (TPSA) is 89.3 Å². The summed E-state index contributed by atoms with van der Waals surface area (Å²) in [6.07, 6.45) is 6.21. The van der Waals surface area contributed by atoms with Gasteiger partial charge in [0.05, 0.1) is 0 Å². The number of hydrogen-bond donors (Lipinski definition) is 0. The SMILES string of the molecule is O.O.O=COc1ccc2c(c1)CC=CC2.S=S(=S)([S-])S(=S)(=S)S(=S)(=S)S(=S)(=S)S(=S)(=S)S(=S)(=S)I.[K+]. The van der Waals surface area contributed by atoms with E-state index in [1.807, 2.05) is 39.4 Å². The van der Waals surface area contributed by atoms with E-state index in [2.05, 4.69) is 12.2 Å². The fraction of sp³-hybridized carbons (Fsp3) is 0.182. The number of carbonyl (C=O) groups excluding carboxylic acids is 1. The van der Waals surface area contributed by atoms with E-state index in [-0.39, 0.29) is 62.3 Å². The molecule has 4 N–H and O–H groups in total. The molecule has 0 amide bonds. The van der Waals surface area contributed by atoms with E-state index < -0.39 is 29.4 Å². The largest absolute Gasteiger partial charge is 1.00 e. The molecular weight excluding hydrogens is 971 g/mol. The Hall–Kier alpha value is 5.81. The normalized spacial score (nSPS) is 13.7. The number of carbonyl (C=O) groups is 1. The van der Waals surface area contributed by atoms with Gasteiger partial charge in [0.15, 0.2) is 0 Å². The Bertz CT molecular complexity index is 1540. The summed E-state index contributed by atoms with van der Waals surface area (Å²) >= 11 is 71.1. The van der Waals surface area contributed by atoms with Gasteiger partial charge in [-0.25, -0.2) is 0 Å². The third kappa shape index (κ3) is 11.0. The van der Waals surface area contributed by atoms with Crippen LogP contribution in [0.4, 0.5) is 0 Å². The molecule has 25 heteroatoms. The predicted octanol–water partition coefficient (Wildman–Crippen LogP) is -1.93. The van der Waals surface area contributed by atoms with Crippen molar-refractivity contribution in [1.82, 2.24) is 0 Å². The van der Waals surface area contributed by atoms with Crippen molar-refractivity contribution in [2.24, 2.45) is 0 Å². The second kappa shape index (κ2) is 18.1. The van der Waals surface area contributed by atoms with Gasteiger partial charge in [-0.1, -0.05) is 40.6 Å². The van der Waals surface area contributed by atoms with E-state index >= 15 is 0 Å². The zero-order valence-corrected chi connectivity index (χ0v) is 38.1. The van der Waals surface area contributed by atoms with Crippen LogP contribution in [0.2, 0.25) is 0 Å². The van der Waals surface area contributed by atoms with E-state index in [9.17, 15) is 4.79 Å². The molecule has 1 aromatic carbocycles. The number of ether oxygens (including phenoxy) is 1. The number of halogens is 1. The van der Waals surface area contributed by atoms with Crippen LogP contribution in [0.1, 0.15) is 11.1 Å². The summed E-state index contributed by atoms with van der Waals surface area (Å²) in [6.45, 7) is 0.459. The smallest absolute Gasteiger partial charge is 0.694 e. The quantitative estimate of drug-likeness (QED) is 0.0579. The molecule has 0 unspecified atom stereocenters. The molecule has 0 spiro atoms. The van der Waals surface area contributed by atoms with Crippen LogP contribution in [-0.4, -0.2) is 17.4 Å². The molecule has 0 saturated carbocycles. The van der Waals surface area contributed by atoms with Crippen LogP contribution < -0.4 is 56.1 Å². The van der Waals surface area contributed by atoms with E-state index in [0.29, 0.717) is 12.2 Å². The molecule has 0 heterocycles. The molecule has 36 heavy (non-hydrogen) atoms. The molecule has 1 aromatic rings. The van der Waals surface area contributed by atoms with Gasteiger partial charge in [-0.05, 0) is 148 Å². The van der Waals surface area contributed by atoms with Crippen LogP contribution in [-0.2, 0) is 193 Å². The van der Waals surface area contributed by atoms with Crippen molar-refractivity contribution in [2.45, 2.75) is 12.8 Å². The minimum absolute atomic E-state index is 0. The number of fused-ring (bicyclic) bond motifs is 1. The van der Waals surface area contributed by atoms with Crippen LogP contribution in [0.15, 0.2) is 30.4 Å². The van der Waals surface area contributed by atoms with Gasteiger partial charge in [-0.15, -0.1) is 5.21 Å². The molecule has 0 atom stereocenters. The average molecular weight is 986 g/mol. The molecule has 0 radical (unpaired) electrons. The summed E-state index contributed by atoms with van der Waals surface area (Å²) in [7, 11) is 0. The van der Waals surface area contributed by atoms with Gasteiger partial charge >= 0.3 is 51.4 Å². The van der Waals surface area contributed by atoms with Crippen molar-refractivity contribution in [2.75, 3.05) is 0 Å². The summed E-state index contributed by atoms with van der Waals surface area (Å²) in [5, 5.41) is -13.5. The molecule has 0 saturated heterocycles. The molecule has 2 rings (SSSR count). The van der Waals surface area contributed by atoms with Gasteiger partial charge in [0.2, 0.25) is 0 Å². The van der Waals surface area contributed by atoms with Gasteiger partial charge < -0.3 is 27.4 Å². The second-order valence-electron chi connectivity index (χ2n) is 5.46. The molecule has 0 bridgehead atoms. The molecule has 0 aliphatic heterocycles. The van der Waals surface area contributed by atoms with Crippen molar-refractivity contribution in [1.29, 1.82) is 0 Å². The first-order valence-electron chi connectivity index (χ1n) is 7.42. The minimum Gasteiger partial charge on any atom is -0.694 e. The summed E-state index contributed by atoms with van der Waals surface area (Å²) in [4.78, 5) is 10.1. The molecule has 1 aliphatic rings. The third-order valence-electron chi connectivity index (χ3n) is 3.45. The van der Waals surface area contributed by atoms with Crippen molar-refractivity contribution in [3.63, 3.8) is 0 Å². The minimum atomic E-state index is -2.81. The number of hydrogen-bond acceptors (Lipinski definition) is 15. The van der Waals surface area contributed by atoms with Crippen molar-refractivity contribution in [3.8, 4) is 5.75 Å². The number of benzene rings is 1. The van der Waals surface area contributed by atoms with E-state index in [4.69, 9.17) is 151 Å². The maximum absolute atomic E-state index is 10.1. The molecule has 4 nitrogen and oxygen atoms in total. The van der Waals surface area contributed by atoms with Gasteiger partial charge in [0, 0.05) is 45.4 Å². The van der Waals surface area contributed by atoms with Crippen LogP contribution in [0.3, 0.4) is 0 Å². The van der Waals surface area contributed by atoms with Gasteiger partial charge in [-0.3, -0.25) is 4.79 Å². The summed E-state index contributed by atoms with van der Waals surface area (Å²) in [5.41, 5.74) is 2.57. The van der Waals surface area contributed by atoms with E-state index in [1.54, 1.807) is 0 Å². The van der Waals surface area contributed by atoms with Gasteiger partial charge in [0.1, 0.15) is 5.75 Å². The molecular formula is C11H14IKO4S19. The van der Waals surface area contributed by atoms with Crippen molar-refractivity contribution in [3.05, 3.63) is 41.5 Å². The monoisotopic (exact) mass is 983 g/mol. The molecule has 0 fully saturated rings. The Balaban J connectivity index is -0.000000593. The van der Waals surface area contributed by atoms with Crippen LogP contribution in [0, 0.1) is 0 Å². The van der Waals surface area contributed by atoms with Gasteiger partial charge in [0.25, 0.3) is 6.47 Å². The van der Waals surface area contributed by atoms with Crippen LogP contribution >= 0.6 is 21.2 Å². The predicted molar refractivity (Wildman–Crippen MR) is 211 cm³/mol. The fourth-order valence-electron chi connectivity index (χ4n) is 1.95. The standard InChI is InChI=1S/C11H10O2.HIS19.K.2H2O/c12-8-13-11-6-5-9-3-1-2-4-10(9)7-11;1-15(2,3)17(7,8)19(11,12)20(13,14)18(9,10)16(4,5)6;;;/h1-2,5-8H,3-4H2;(H,4,5,6);;2*1H2/q;;+1;;/p-1. The van der Waals surface area contributed by atoms with E-state index in [0.717, 1.165) is 12.8 Å². The molecule has 204 valence electrons. The zero-order valence-electron chi connectivity index (χ0n) is 17.3. The van der Waals surface area contributed by atoms with Crippen LogP contribution in [0.5, 0.6) is 5.75 Å². The maximum atomic E-state index is 10.1. The third-order valence-corrected chi connectivity index (χ3v) is 111. The molecule has 1 aliphatic carbocycles. The Labute approximate surface area is 327 Å². The van der Waals surface area contributed by atoms with E-state index in [1.165, 1.54) is 11.1 Å². The Morgan fingerprint density at radius 2 is 1.17 bits per heavy atom.